The molecule has 1 saturated heterocycles. The van der Waals surface area contributed by atoms with Crippen molar-refractivity contribution in [3.63, 3.8) is 0 Å². The normalized spacial score (nSPS) is 20.9. The molecular weight excluding hydrogens is 288 g/mol. The van der Waals surface area contributed by atoms with Crippen LogP contribution in [0, 0.1) is 0 Å². The maximum absolute atomic E-state index is 12.7. The molecule has 1 atom stereocenters. The Labute approximate surface area is 137 Å². The van der Waals surface area contributed by atoms with Crippen LogP contribution in [-0.2, 0) is 29.0 Å². The molecule has 4 nitrogen and oxygen atoms in total. The molecule has 2 aliphatic heterocycles. The van der Waals surface area contributed by atoms with E-state index in [0.717, 1.165) is 45.4 Å². The average molecular weight is 312 g/mol. The van der Waals surface area contributed by atoms with Crippen molar-refractivity contribution in [2.24, 2.45) is 0 Å². The van der Waals surface area contributed by atoms with Crippen LogP contribution in [-0.4, -0.2) is 34.6 Å². The van der Waals surface area contributed by atoms with E-state index in [2.05, 4.69) is 35.9 Å². The minimum Gasteiger partial charge on any atom is -0.368 e. The lowest BCUT2D eigenvalue weighted by Gasteiger charge is -2.24. The number of amides is 1. The van der Waals surface area contributed by atoms with Gasteiger partial charge in [0, 0.05) is 43.3 Å². The Hall–Kier alpha value is -1.81. The van der Waals surface area contributed by atoms with E-state index in [4.69, 9.17) is 4.74 Å². The lowest BCUT2D eigenvalue weighted by molar-refractivity contribution is -0.141. The summed E-state index contributed by atoms with van der Waals surface area (Å²) in [6.45, 7) is 5.49. The summed E-state index contributed by atoms with van der Waals surface area (Å²) in [5, 5.41) is 1.36. The van der Waals surface area contributed by atoms with E-state index in [1.54, 1.807) is 0 Å². The standard InChI is InChI=1S/C19H24N2O2/c1-2-9-20-12-15-8-10-21(19(22)17-7-4-11-23-17)13-14-5-3-6-16(20)18(14)15/h3,5-6,12,17H,2,4,7-11,13H2,1H3. The van der Waals surface area contributed by atoms with Gasteiger partial charge in [-0.1, -0.05) is 19.1 Å². The Morgan fingerprint density at radius 2 is 2.26 bits per heavy atom. The van der Waals surface area contributed by atoms with E-state index < -0.39 is 0 Å². The fourth-order valence-corrected chi connectivity index (χ4v) is 3.97. The summed E-state index contributed by atoms with van der Waals surface area (Å²) in [6.07, 6.45) is 6.01. The monoisotopic (exact) mass is 312 g/mol. The lowest BCUT2D eigenvalue weighted by atomic mass is 10.1. The average Bonchev–Trinajstić information content (AvgIpc) is 3.16. The molecule has 1 fully saturated rings. The van der Waals surface area contributed by atoms with E-state index >= 15 is 0 Å². The Morgan fingerprint density at radius 1 is 1.35 bits per heavy atom. The highest BCUT2D eigenvalue weighted by atomic mass is 16.5. The third-order valence-electron chi connectivity index (χ3n) is 5.06. The summed E-state index contributed by atoms with van der Waals surface area (Å²) in [4.78, 5) is 14.7. The SMILES string of the molecule is CCCn1cc2c3c(cccc31)CN(C(=O)C1CCCO1)CC2. The number of rotatable bonds is 3. The van der Waals surface area contributed by atoms with Crippen molar-refractivity contribution in [3.8, 4) is 0 Å². The van der Waals surface area contributed by atoms with Crippen molar-refractivity contribution in [1.82, 2.24) is 9.47 Å². The second-order valence-electron chi connectivity index (χ2n) is 6.67. The van der Waals surface area contributed by atoms with Gasteiger partial charge in [0.1, 0.15) is 6.10 Å². The van der Waals surface area contributed by atoms with Gasteiger partial charge in [-0.2, -0.15) is 0 Å². The van der Waals surface area contributed by atoms with Crippen LogP contribution in [0.1, 0.15) is 37.3 Å². The molecule has 0 bridgehead atoms. The molecule has 0 N–H and O–H groups in total. The van der Waals surface area contributed by atoms with Crippen LogP contribution >= 0.6 is 0 Å². The smallest absolute Gasteiger partial charge is 0.252 e. The summed E-state index contributed by atoms with van der Waals surface area (Å²) < 4.78 is 7.96. The predicted molar refractivity (Wildman–Crippen MR) is 90.3 cm³/mol. The highest BCUT2D eigenvalue weighted by Crippen LogP contribution is 2.30. The second-order valence-corrected chi connectivity index (χ2v) is 6.67. The van der Waals surface area contributed by atoms with E-state index in [9.17, 15) is 4.79 Å². The number of carbonyl (C=O) groups excluding carboxylic acids is 1. The first-order valence-electron chi connectivity index (χ1n) is 8.78. The molecule has 4 heteroatoms. The summed E-state index contributed by atoms with van der Waals surface area (Å²) in [5.74, 6) is 0.172. The van der Waals surface area contributed by atoms with Gasteiger partial charge in [-0.25, -0.2) is 0 Å². The Morgan fingerprint density at radius 3 is 3.04 bits per heavy atom. The number of aromatic nitrogens is 1. The zero-order valence-electron chi connectivity index (χ0n) is 13.8. The maximum Gasteiger partial charge on any atom is 0.252 e. The number of nitrogens with zero attached hydrogens (tertiary/aromatic N) is 2. The van der Waals surface area contributed by atoms with Gasteiger partial charge in [0.05, 0.1) is 0 Å². The largest absolute Gasteiger partial charge is 0.368 e. The number of benzene rings is 1. The molecule has 1 amide bonds. The Bertz CT molecular complexity index is 728. The summed E-state index contributed by atoms with van der Waals surface area (Å²) >= 11 is 0. The summed E-state index contributed by atoms with van der Waals surface area (Å²) in [6, 6.07) is 6.49. The fraction of sp³-hybridized carbons (Fsp3) is 0.526. The quantitative estimate of drug-likeness (QED) is 0.873. The minimum absolute atomic E-state index is 0.172. The summed E-state index contributed by atoms with van der Waals surface area (Å²) in [7, 11) is 0. The first-order valence-corrected chi connectivity index (χ1v) is 8.78. The molecule has 1 unspecified atom stereocenters. The van der Waals surface area contributed by atoms with Crippen LogP contribution in [0.3, 0.4) is 0 Å². The van der Waals surface area contributed by atoms with Gasteiger partial charge in [-0.15, -0.1) is 0 Å². The van der Waals surface area contributed by atoms with Crippen LogP contribution in [0.4, 0.5) is 0 Å². The maximum atomic E-state index is 12.7. The van der Waals surface area contributed by atoms with Crippen molar-refractivity contribution >= 4 is 16.8 Å². The van der Waals surface area contributed by atoms with E-state index in [0.29, 0.717) is 6.54 Å². The molecule has 0 aliphatic carbocycles. The highest BCUT2D eigenvalue weighted by Gasteiger charge is 2.30. The molecule has 2 aromatic rings. The number of aryl methyl sites for hydroxylation is 1. The number of carbonyl (C=O) groups is 1. The predicted octanol–water partition coefficient (Wildman–Crippen LogP) is 3.12. The molecule has 4 rings (SSSR count). The van der Waals surface area contributed by atoms with Crippen molar-refractivity contribution in [2.75, 3.05) is 13.2 Å². The minimum atomic E-state index is -0.216. The third-order valence-corrected chi connectivity index (χ3v) is 5.06. The Balaban J connectivity index is 1.67. The van der Waals surface area contributed by atoms with Crippen LogP contribution in [0.25, 0.3) is 10.9 Å². The lowest BCUT2D eigenvalue weighted by Crippen LogP contribution is -2.39. The highest BCUT2D eigenvalue weighted by molar-refractivity contribution is 5.89. The first-order chi connectivity index (χ1) is 11.3. The molecule has 0 radical (unpaired) electrons. The van der Waals surface area contributed by atoms with Gasteiger partial charge in [0.2, 0.25) is 0 Å². The zero-order valence-corrected chi connectivity index (χ0v) is 13.8. The number of hydrogen-bond donors (Lipinski definition) is 0. The molecule has 0 saturated carbocycles. The molecule has 1 aromatic heterocycles. The van der Waals surface area contributed by atoms with E-state index in [1.807, 2.05) is 4.90 Å². The second kappa shape index (κ2) is 6.00. The molecule has 122 valence electrons. The van der Waals surface area contributed by atoms with E-state index in [1.165, 1.54) is 22.0 Å². The van der Waals surface area contributed by atoms with Gasteiger partial charge < -0.3 is 14.2 Å². The van der Waals surface area contributed by atoms with Gasteiger partial charge in [-0.05, 0) is 42.9 Å². The molecule has 23 heavy (non-hydrogen) atoms. The summed E-state index contributed by atoms with van der Waals surface area (Å²) in [5.41, 5.74) is 3.97. The Kier molecular flexibility index (Phi) is 3.85. The van der Waals surface area contributed by atoms with Crippen LogP contribution in [0.2, 0.25) is 0 Å². The van der Waals surface area contributed by atoms with Gasteiger partial charge in [0.25, 0.3) is 5.91 Å². The first kappa shape index (κ1) is 14.8. The van der Waals surface area contributed by atoms with Crippen molar-refractivity contribution < 1.29 is 9.53 Å². The van der Waals surface area contributed by atoms with Crippen molar-refractivity contribution in [3.05, 3.63) is 35.5 Å². The van der Waals surface area contributed by atoms with Crippen molar-refractivity contribution in [1.29, 1.82) is 0 Å². The van der Waals surface area contributed by atoms with Gasteiger partial charge in [-0.3, -0.25) is 4.79 Å². The van der Waals surface area contributed by atoms with Gasteiger partial charge in [0.15, 0.2) is 0 Å². The zero-order chi connectivity index (χ0) is 15.8. The van der Waals surface area contributed by atoms with Crippen LogP contribution < -0.4 is 0 Å². The van der Waals surface area contributed by atoms with E-state index in [-0.39, 0.29) is 12.0 Å². The third kappa shape index (κ3) is 2.55. The fourth-order valence-electron chi connectivity index (χ4n) is 3.97. The number of ether oxygens (including phenoxy) is 1. The van der Waals surface area contributed by atoms with Crippen molar-refractivity contribution in [2.45, 2.75) is 51.8 Å². The molecule has 0 spiro atoms. The molecule has 1 aromatic carbocycles. The van der Waals surface area contributed by atoms with Crippen LogP contribution in [0.5, 0.6) is 0 Å². The topological polar surface area (TPSA) is 34.5 Å². The molecule has 3 heterocycles. The molecule has 2 aliphatic rings. The molecular formula is C19H24N2O2. The van der Waals surface area contributed by atoms with Gasteiger partial charge >= 0.3 is 0 Å². The number of hydrogen-bond acceptors (Lipinski definition) is 2. The van der Waals surface area contributed by atoms with Crippen LogP contribution in [0.15, 0.2) is 24.4 Å².